The van der Waals surface area contributed by atoms with E-state index in [2.05, 4.69) is 6.07 Å². The van der Waals surface area contributed by atoms with Crippen LogP contribution in [0.4, 0.5) is 0 Å². The molecule has 0 heterocycles. The van der Waals surface area contributed by atoms with Crippen LogP contribution in [0.25, 0.3) is 10.8 Å². The Kier molecular flexibility index (Phi) is 3.05. The third-order valence-corrected chi connectivity index (χ3v) is 5.34. The van der Waals surface area contributed by atoms with Gasteiger partial charge in [0.1, 0.15) is 0 Å². The van der Waals surface area contributed by atoms with E-state index >= 15 is 0 Å². The first kappa shape index (κ1) is 14.4. The molecule has 0 unspecified atom stereocenters. The van der Waals surface area contributed by atoms with E-state index in [1.165, 1.54) is 7.11 Å². The maximum atomic E-state index is 11.7. The molecule has 2 aromatic rings. The van der Waals surface area contributed by atoms with E-state index in [4.69, 9.17) is 14.2 Å². The number of carbonyl (C=O) groups excluding carboxylic acids is 1. The molecule has 0 radical (unpaired) electrons. The standard InChI is InChI=1S/C19H20O4/c1-21-16-14-6-4-3-5-13(14)7-8-15(16)23-12-18-9-19(10-18,11-18)17(20)22-2/h3-8H,9-12H2,1-2H3. The minimum Gasteiger partial charge on any atom is -0.492 e. The minimum atomic E-state index is -0.217. The van der Waals surface area contributed by atoms with Crippen LogP contribution in [0.5, 0.6) is 11.5 Å². The molecule has 4 nitrogen and oxygen atoms in total. The number of methoxy groups -OCH3 is 2. The molecular formula is C19H20O4. The van der Waals surface area contributed by atoms with E-state index in [1.807, 2.05) is 30.3 Å². The first-order chi connectivity index (χ1) is 11.1. The van der Waals surface area contributed by atoms with Crippen LogP contribution in [-0.4, -0.2) is 26.8 Å². The van der Waals surface area contributed by atoms with E-state index in [1.54, 1.807) is 7.11 Å². The summed E-state index contributed by atoms with van der Waals surface area (Å²) in [7, 11) is 3.13. The van der Waals surface area contributed by atoms with Gasteiger partial charge in [-0.1, -0.05) is 30.3 Å². The second-order valence-corrected chi connectivity index (χ2v) is 6.91. The Labute approximate surface area is 135 Å². The largest absolute Gasteiger partial charge is 0.492 e. The molecule has 120 valence electrons. The van der Waals surface area contributed by atoms with Crippen molar-refractivity contribution in [1.29, 1.82) is 0 Å². The highest BCUT2D eigenvalue weighted by Crippen LogP contribution is 2.73. The molecule has 2 bridgehead atoms. The van der Waals surface area contributed by atoms with Crippen LogP contribution < -0.4 is 9.47 Å². The van der Waals surface area contributed by atoms with Crippen LogP contribution in [-0.2, 0) is 9.53 Å². The summed E-state index contributed by atoms with van der Waals surface area (Å²) in [6, 6.07) is 12.1. The van der Waals surface area contributed by atoms with Gasteiger partial charge in [0, 0.05) is 10.8 Å². The molecule has 0 spiro atoms. The Balaban J connectivity index is 1.49. The molecule has 3 aliphatic carbocycles. The predicted molar refractivity (Wildman–Crippen MR) is 86.7 cm³/mol. The van der Waals surface area contributed by atoms with Crippen LogP contribution in [0.3, 0.4) is 0 Å². The topological polar surface area (TPSA) is 44.8 Å². The van der Waals surface area contributed by atoms with E-state index < -0.39 is 0 Å². The van der Waals surface area contributed by atoms with Crippen molar-refractivity contribution in [3.63, 3.8) is 0 Å². The van der Waals surface area contributed by atoms with Gasteiger partial charge in [-0.2, -0.15) is 0 Å². The zero-order valence-corrected chi connectivity index (χ0v) is 13.4. The predicted octanol–water partition coefficient (Wildman–Crippen LogP) is 3.57. The Morgan fingerprint density at radius 1 is 1.09 bits per heavy atom. The lowest BCUT2D eigenvalue weighted by Gasteiger charge is -2.68. The first-order valence-electron chi connectivity index (χ1n) is 7.88. The van der Waals surface area contributed by atoms with Gasteiger partial charge in [-0.05, 0) is 30.7 Å². The summed E-state index contributed by atoms with van der Waals surface area (Å²) in [5.41, 5.74) is -0.0730. The van der Waals surface area contributed by atoms with Gasteiger partial charge >= 0.3 is 5.97 Å². The number of hydrogen-bond donors (Lipinski definition) is 0. The van der Waals surface area contributed by atoms with Crippen molar-refractivity contribution >= 4 is 16.7 Å². The molecular weight excluding hydrogens is 292 g/mol. The maximum Gasteiger partial charge on any atom is 0.311 e. The molecule has 0 atom stereocenters. The van der Waals surface area contributed by atoms with Gasteiger partial charge in [0.2, 0.25) is 0 Å². The summed E-state index contributed by atoms with van der Waals surface area (Å²) >= 11 is 0. The number of rotatable bonds is 5. The summed E-state index contributed by atoms with van der Waals surface area (Å²) in [5.74, 6) is 1.48. The lowest BCUT2D eigenvalue weighted by molar-refractivity contribution is -0.233. The number of carbonyl (C=O) groups is 1. The van der Waals surface area contributed by atoms with Gasteiger partial charge in [-0.15, -0.1) is 0 Å². The molecule has 3 aliphatic rings. The molecule has 0 amide bonds. The third kappa shape index (κ3) is 2.01. The van der Waals surface area contributed by atoms with Crippen molar-refractivity contribution in [2.45, 2.75) is 19.3 Å². The van der Waals surface area contributed by atoms with Crippen LogP contribution in [0.15, 0.2) is 36.4 Å². The Morgan fingerprint density at radius 3 is 2.52 bits per heavy atom. The molecule has 3 fully saturated rings. The van der Waals surface area contributed by atoms with Crippen molar-refractivity contribution in [1.82, 2.24) is 0 Å². The number of hydrogen-bond acceptors (Lipinski definition) is 4. The molecule has 0 aromatic heterocycles. The summed E-state index contributed by atoms with van der Waals surface area (Å²) in [4.78, 5) is 11.7. The van der Waals surface area contributed by atoms with Crippen molar-refractivity contribution in [3.8, 4) is 11.5 Å². The Bertz CT molecular complexity index is 760. The fourth-order valence-corrected chi connectivity index (χ4v) is 4.36. The van der Waals surface area contributed by atoms with Gasteiger partial charge in [-0.25, -0.2) is 0 Å². The van der Waals surface area contributed by atoms with Crippen molar-refractivity contribution in [2.24, 2.45) is 10.8 Å². The molecule has 0 N–H and O–H groups in total. The summed E-state index contributed by atoms with van der Waals surface area (Å²) in [6.45, 7) is 0.625. The second kappa shape index (κ2) is 4.88. The number of fused-ring (bicyclic) bond motifs is 1. The van der Waals surface area contributed by atoms with Crippen LogP contribution in [0.2, 0.25) is 0 Å². The quantitative estimate of drug-likeness (QED) is 0.792. The van der Waals surface area contributed by atoms with E-state index in [-0.39, 0.29) is 16.8 Å². The van der Waals surface area contributed by atoms with Gasteiger partial charge in [0.05, 0.1) is 26.2 Å². The van der Waals surface area contributed by atoms with E-state index in [0.29, 0.717) is 6.61 Å². The van der Waals surface area contributed by atoms with Gasteiger partial charge < -0.3 is 14.2 Å². The summed E-state index contributed by atoms with van der Waals surface area (Å²) in [6.07, 6.45) is 2.63. The number of esters is 1. The third-order valence-electron chi connectivity index (χ3n) is 5.34. The molecule has 0 aliphatic heterocycles. The van der Waals surface area contributed by atoms with Crippen LogP contribution >= 0.6 is 0 Å². The maximum absolute atomic E-state index is 11.7. The van der Waals surface area contributed by atoms with Gasteiger partial charge in [0.25, 0.3) is 0 Å². The molecule has 5 rings (SSSR count). The molecule has 23 heavy (non-hydrogen) atoms. The van der Waals surface area contributed by atoms with Crippen LogP contribution in [0.1, 0.15) is 19.3 Å². The highest BCUT2D eigenvalue weighted by Gasteiger charge is 2.72. The zero-order chi connectivity index (χ0) is 16.1. The first-order valence-corrected chi connectivity index (χ1v) is 7.88. The average Bonchev–Trinajstić information content (AvgIpc) is 2.51. The Hall–Kier alpha value is -2.23. The van der Waals surface area contributed by atoms with Crippen molar-refractivity contribution in [2.75, 3.05) is 20.8 Å². The SMILES string of the molecule is COC(=O)C12CC(COc3ccc4ccccc4c3OC)(C1)C2. The highest BCUT2D eigenvalue weighted by atomic mass is 16.5. The Morgan fingerprint density at radius 2 is 1.83 bits per heavy atom. The molecule has 0 saturated heterocycles. The summed E-state index contributed by atoms with van der Waals surface area (Å²) in [5, 5.41) is 2.18. The smallest absolute Gasteiger partial charge is 0.311 e. The van der Waals surface area contributed by atoms with Gasteiger partial charge in [0.15, 0.2) is 11.5 Å². The molecule has 4 heteroatoms. The monoisotopic (exact) mass is 312 g/mol. The fourth-order valence-electron chi connectivity index (χ4n) is 4.36. The second-order valence-electron chi connectivity index (χ2n) is 6.91. The minimum absolute atomic E-state index is 0.0670. The lowest BCUT2D eigenvalue weighted by atomic mass is 9.35. The average molecular weight is 312 g/mol. The number of benzene rings is 2. The normalized spacial score (nSPS) is 27.7. The van der Waals surface area contributed by atoms with Crippen LogP contribution in [0, 0.1) is 10.8 Å². The summed E-state index contributed by atoms with van der Waals surface area (Å²) < 4.78 is 16.5. The molecule has 2 aromatic carbocycles. The van der Waals surface area contributed by atoms with Crippen molar-refractivity contribution < 1.29 is 19.0 Å². The number of ether oxygens (including phenoxy) is 3. The lowest BCUT2D eigenvalue weighted by Crippen LogP contribution is -2.67. The van der Waals surface area contributed by atoms with Crippen molar-refractivity contribution in [3.05, 3.63) is 36.4 Å². The van der Waals surface area contributed by atoms with E-state index in [9.17, 15) is 4.79 Å². The fraction of sp³-hybridized carbons (Fsp3) is 0.421. The van der Waals surface area contributed by atoms with Gasteiger partial charge in [-0.3, -0.25) is 4.79 Å². The molecule has 3 saturated carbocycles. The highest BCUT2D eigenvalue weighted by molar-refractivity contribution is 5.90. The zero-order valence-electron chi connectivity index (χ0n) is 13.4. The van der Waals surface area contributed by atoms with E-state index in [0.717, 1.165) is 41.5 Å².